The second-order valence-corrected chi connectivity index (χ2v) is 3.10. The second kappa shape index (κ2) is 2.69. The maximum atomic E-state index is 11.0. The zero-order valence-corrected chi connectivity index (χ0v) is 7.95. The number of nitrogens with zero attached hydrogens (tertiary/aromatic N) is 1. The van der Waals surface area contributed by atoms with Gasteiger partial charge in [-0.25, -0.2) is 0 Å². The number of amides is 1. The molecule has 2 bridgehead atoms. The van der Waals surface area contributed by atoms with Crippen molar-refractivity contribution in [3.63, 3.8) is 0 Å². The largest absolute Gasteiger partial charge is 0.320 e. The third-order valence-corrected chi connectivity index (χ3v) is 2.63. The molecule has 2 rings (SSSR count). The predicted octanol–water partition coefficient (Wildman–Crippen LogP) is 0.561. The number of rotatable bonds is 0. The zero-order valence-electron chi connectivity index (χ0n) is 5.40. The van der Waals surface area contributed by atoms with Gasteiger partial charge in [0.15, 0.2) is 0 Å². The first-order chi connectivity index (χ1) is 4.29. The maximum Gasteiger partial charge on any atom is 0.232 e. The second-order valence-electron chi connectivity index (χ2n) is 2.54. The molecule has 10 heavy (non-hydrogen) atoms. The normalized spacial score (nSPS) is 34.9. The van der Waals surface area contributed by atoms with E-state index in [0.717, 1.165) is 6.42 Å². The Kier molecular flexibility index (Phi) is 2.24. The average Bonchev–Trinajstić information content (AvgIpc) is 2.37. The molecule has 2 aliphatic rings. The molecular formula is C6H8NOPV. The van der Waals surface area contributed by atoms with Crippen LogP contribution in [0.5, 0.6) is 0 Å². The molecule has 0 spiro atoms. The topological polar surface area (TPSA) is 20.3 Å². The van der Waals surface area contributed by atoms with Crippen LogP contribution in [0.3, 0.4) is 0 Å². The van der Waals surface area contributed by atoms with Crippen molar-refractivity contribution in [2.24, 2.45) is 5.92 Å². The third-order valence-electron chi connectivity index (χ3n) is 1.99. The number of fused-ring (bicyclic) bond motifs is 2. The first kappa shape index (κ1) is 8.32. The summed E-state index contributed by atoms with van der Waals surface area (Å²) in [5, 5.41) is 0. The van der Waals surface area contributed by atoms with Crippen LogP contribution >= 0.6 is 9.39 Å². The van der Waals surface area contributed by atoms with Gasteiger partial charge in [0.2, 0.25) is 5.91 Å². The molecule has 1 amide bonds. The van der Waals surface area contributed by atoms with E-state index in [1.54, 1.807) is 4.67 Å². The van der Waals surface area contributed by atoms with Crippen molar-refractivity contribution in [3.05, 3.63) is 12.2 Å². The minimum atomic E-state index is 0. The first-order valence-corrected chi connectivity index (χ1v) is 3.57. The summed E-state index contributed by atoms with van der Waals surface area (Å²) in [6.45, 7) is 0. The van der Waals surface area contributed by atoms with Crippen LogP contribution in [0.4, 0.5) is 0 Å². The summed E-state index contributed by atoms with van der Waals surface area (Å²) in [4.78, 5) is 11.0. The molecule has 53 valence electrons. The molecule has 1 aliphatic heterocycles. The van der Waals surface area contributed by atoms with Crippen molar-refractivity contribution in [2.75, 3.05) is 0 Å². The van der Waals surface area contributed by atoms with Crippen molar-refractivity contribution < 1.29 is 23.4 Å². The van der Waals surface area contributed by atoms with Gasteiger partial charge in [0, 0.05) is 18.6 Å². The van der Waals surface area contributed by atoms with E-state index in [0.29, 0.717) is 6.04 Å². The Hall–Kier alpha value is 0.224. The summed E-state index contributed by atoms with van der Waals surface area (Å²) in [5.74, 6) is 0.458. The van der Waals surface area contributed by atoms with Gasteiger partial charge in [-0.15, -0.1) is 0 Å². The molecule has 1 radical (unpaired) electrons. The fourth-order valence-corrected chi connectivity index (χ4v) is 1.84. The van der Waals surface area contributed by atoms with Crippen molar-refractivity contribution >= 4 is 15.3 Å². The average molecular weight is 192 g/mol. The Morgan fingerprint density at radius 3 is 2.60 bits per heavy atom. The number of carbonyl (C=O) groups excluding carboxylic acids is 1. The molecule has 3 unspecified atom stereocenters. The van der Waals surface area contributed by atoms with Gasteiger partial charge in [0.05, 0.1) is 12.0 Å². The molecule has 0 N–H and O–H groups in total. The van der Waals surface area contributed by atoms with Crippen molar-refractivity contribution in [1.29, 1.82) is 0 Å². The fraction of sp³-hybridized carbons (Fsp3) is 0.500. The smallest absolute Gasteiger partial charge is 0.232 e. The minimum absolute atomic E-state index is 0. The van der Waals surface area contributed by atoms with Crippen LogP contribution in [0.1, 0.15) is 6.42 Å². The van der Waals surface area contributed by atoms with Crippen LogP contribution in [0.15, 0.2) is 12.2 Å². The number of carbonyl (C=O) groups is 1. The molecule has 0 aromatic rings. The van der Waals surface area contributed by atoms with Gasteiger partial charge in [-0.2, -0.15) is 0 Å². The summed E-state index contributed by atoms with van der Waals surface area (Å²) in [5.41, 5.74) is 0. The summed E-state index contributed by atoms with van der Waals surface area (Å²) in [6, 6.07) is 0.382. The molecule has 0 aromatic carbocycles. The van der Waals surface area contributed by atoms with Gasteiger partial charge in [-0.05, 0) is 15.8 Å². The summed E-state index contributed by atoms with van der Waals surface area (Å²) in [6.07, 6.45) is 5.11. The van der Waals surface area contributed by atoms with E-state index in [4.69, 9.17) is 0 Å². The van der Waals surface area contributed by atoms with Gasteiger partial charge in [-0.1, -0.05) is 12.2 Å². The zero-order chi connectivity index (χ0) is 6.43. The Balaban J connectivity index is 0.000000500. The molecule has 0 aromatic heterocycles. The van der Waals surface area contributed by atoms with E-state index in [-0.39, 0.29) is 30.4 Å². The van der Waals surface area contributed by atoms with Crippen LogP contribution in [0.2, 0.25) is 0 Å². The molecule has 1 aliphatic carbocycles. The molecule has 1 heterocycles. The quantitative estimate of drug-likeness (QED) is 0.405. The molecule has 0 saturated carbocycles. The summed E-state index contributed by atoms with van der Waals surface area (Å²) < 4.78 is 1.74. The van der Waals surface area contributed by atoms with Crippen molar-refractivity contribution in [2.45, 2.75) is 12.5 Å². The Morgan fingerprint density at radius 2 is 2.30 bits per heavy atom. The molecule has 1 saturated heterocycles. The molecule has 3 atom stereocenters. The van der Waals surface area contributed by atoms with Gasteiger partial charge in [0.1, 0.15) is 0 Å². The van der Waals surface area contributed by atoms with Crippen LogP contribution in [-0.2, 0) is 23.4 Å². The first-order valence-electron chi connectivity index (χ1n) is 3.05. The third kappa shape index (κ3) is 0.953. The standard InChI is InChI=1S/C6H8NOP.V/c8-6-4-1-2-5(3-4)7(6)9;/h1-2,4-5H,3,9H2;. The fourth-order valence-electron chi connectivity index (χ4n) is 1.42. The van der Waals surface area contributed by atoms with E-state index < -0.39 is 0 Å². The van der Waals surface area contributed by atoms with Crippen LogP contribution in [-0.4, -0.2) is 16.6 Å². The maximum absolute atomic E-state index is 11.0. The van der Waals surface area contributed by atoms with Gasteiger partial charge >= 0.3 is 0 Å². The molecule has 4 heteroatoms. The predicted molar refractivity (Wildman–Crippen MR) is 37.6 cm³/mol. The summed E-state index contributed by atoms with van der Waals surface area (Å²) >= 11 is 0. The monoisotopic (exact) mass is 192 g/mol. The van der Waals surface area contributed by atoms with Crippen LogP contribution < -0.4 is 0 Å². The van der Waals surface area contributed by atoms with Crippen LogP contribution in [0.25, 0.3) is 0 Å². The molecule has 2 nitrogen and oxygen atoms in total. The van der Waals surface area contributed by atoms with Gasteiger partial charge in [0.25, 0.3) is 0 Å². The van der Waals surface area contributed by atoms with Gasteiger partial charge < -0.3 is 4.67 Å². The van der Waals surface area contributed by atoms with E-state index in [2.05, 4.69) is 15.5 Å². The Labute approximate surface area is 74.2 Å². The van der Waals surface area contributed by atoms with Crippen molar-refractivity contribution in [1.82, 2.24) is 4.67 Å². The number of hydrogen-bond acceptors (Lipinski definition) is 1. The van der Waals surface area contributed by atoms with Gasteiger partial charge in [-0.3, -0.25) is 4.79 Å². The SMILES string of the molecule is O=C1C2C=CC(C2)N1P.[V]. The van der Waals surface area contributed by atoms with E-state index >= 15 is 0 Å². The van der Waals surface area contributed by atoms with Crippen LogP contribution in [0, 0.1) is 5.92 Å². The molecular weight excluding hydrogens is 184 g/mol. The van der Waals surface area contributed by atoms with E-state index in [1.807, 2.05) is 6.08 Å². The van der Waals surface area contributed by atoms with E-state index in [1.165, 1.54) is 0 Å². The van der Waals surface area contributed by atoms with E-state index in [9.17, 15) is 4.79 Å². The molecule has 1 fully saturated rings. The minimum Gasteiger partial charge on any atom is -0.320 e. The number of hydrogen-bond donors (Lipinski definition) is 0. The summed E-state index contributed by atoms with van der Waals surface area (Å²) in [7, 11) is 2.46. The Bertz CT molecular complexity index is 194. The Morgan fingerprint density at radius 1 is 1.60 bits per heavy atom. The van der Waals surface area contributed by atoms with Crippen molar-refractivity contribution in [3.8, 4) is 0 Å².